The second-order valence-corrected chi connectivity index (χ2v) is 5.51. The molecule has 1 heterocycles. The van der Waals surface area contributed by atoms with E-state index in [1.165, 1.54) is 24.9 Å². The fourth-order valence-electron chi connectivity index (χ4n) is 2.39. The summed E-state index contributed by atoms with van der Waals surface area (Å²) < 4.78 is 5.27. The quantitative estimate of drug-likeness (QED) is 0.741. The number of anilines is 1. The SMILES string of the molecule is COc1ccccc1-n1nc2c(C(=O)O)cc(NC(C)=O)c(Cl)c2n1. The standard InChI is InChI=1S/C16H13ClN4O4/c1-8(22)18-10-7-9(16(23)24)14-15(13(10)17)20-21(19-14)11-5-3-4-6-12(11)25-2/h3-7H,1-2H3,(H,18,22)(H,23,24). The van der Waals surface area contributed by atoms with Crippen molar-refractivity contribution in [1.82, 2.24) is 15.0 Å². The van der Waals surface area contributed by atoms with Crippen molar-refractivity contribution in [3.8, 4) is 11.4 Å². The van der Waals surface area contributed by atoms with E-state index in [4.69, 9.17) is 16.3 Å². The molecule has 2 N–H and O–H groups in total. The molecule has 3 aromatic rings. The van der Waals surface area contributed by atoms with Gasteiger partial charge >= 0.3 is 5.97 Å². The van der Waals surface area contributed by atoms with Crippen LogP contribution in [0.1, 0.15) is 17.3 Å². The first-order valence-corrected chi connectivity index (χ1v) is 7.54. The van der Waals surface area contributed by atoms with Gasteiger partial charge in [-0.15, -0.1) is 15.0 Å². The van der Waals surface area contributed by atoms with E-state index in [2.05, 4.69) is 15.5 Å². The third-order valence-corrected chi connectivity index (χ3v) is 3.83. The van der Waals surface area contributed by atoms with E-state index in [1.807, 2.05) is 0 Å². The molecular formula is C16H13ClN4O4. The lowest BCUT2D eigenvalue weighted by atomic mass is 10.1. The number of benzene rings is 2. The number of amides is 1. The van der Waals surface area contributed by atoms with E-state index < -0.39 is 5.97 Å². The number of hydrogen-bond acceptors (Lipinski definition) is 5. The average molecular weight is 361 g/mol. The van der Waals surface area contributed by atoms with Crippen molar-refractivity contribution in [2.75, 3.05) is 12.4 Å². The molecule has 1 amide bonds. The molecule has 9 heteroatoms. The molecule has 0 spiro atoms. The first kappa shape index (κ1) is 16.7. The number of methoxy groups -OCH3 is 1. The molecule has 1 aromatic heterocycles. The number of carboxylic acids is 1. The van der Waals surface area contributed by atoms with Gasteiger partial charge in [-0.05, 0) is 18.2 Å². The zero-order chi connectivity index (χ0) is 18.1. The highest BCUT2D eigenvalue weighted by Crippen LogP contribution is 2.33. The lowest BCUT2D eigenvalue weighted by Gasteiger charge is -2.06. The van der Waals surface area contributed by atoms with Crippen LogP contribution in [0.5, 0.6) is 5.75 Å². The number of rotatable bonds is 4. The Morgan fingerprint density at radius 3 is 2.56 bits per heavy atom. The third kappa shape index (κ3) is 2.99. The van der Waals surface area contributed by atoms with Crippen LogP contribution in [0.15, 0.2) is 30.3 Å². The minimum Gasteiger partial charge on any atom is -0.494 e. The number of carboxylic acid groups (broad SMARTS) is 1. The summed E-state index contributed by atoms with van der Waals surface area (Å²) in [7, 11) is 1.51. The highest BCUT2D eigenvalue weighted by Gasteiger charge is 2.21. The number of halogens is 1. The summed E-state index contributed by atoms with van der Waals surface area (Å²) in [4.78, 5) is 24.1. The van der Waals surface area contributed by atoms with E-state index in [-0.39, 0.29) is 33.2 Å². The molecule has 0 unspecified atom stereocenters. The van der Waals surface area contributed by atoms with Crippen molar-refractivity contribution >= 4 is 40.2 Å². The van der Waals surface area contributed by atoms with Crippen LogP contribution >= 0.6 is 11.6 Å². The van der Waals surface area contributed by atoms with Gasteiger partial charge in [0.1, 0.15) is 22.5 Å². The van der Waals surface area contributed by atoms with Gasteiger partial charge in [0.15, 0.2) is 0 Å². The topological polar surface area (TPSA) is 106 Å². The molecule has 0 saturated heterocycles. The number of carbonyl (C=O) groups excluding carboxylic acids is 1. The Labute approximate surface area is 147 Å². The van der Waals surface area contributed by atoms with E-state index in [1.54, 1.807) is 24.3 Å². The fourth-order valence-corrected chi connectivity index (χ4v) is 2.61. The summed E-state index contributed by atoms with van der Waals surface area (Å²) >= 11 is 6.28. The number of aromatic carboxylic acids is 1. The molecule has 128 valence electrons. The zero-order valence-corrected chi connectivity index (χ0v) is 14.0. The molecule has 0 radical (unpaired) electrons. The van der Waals surface area contributed by atoms with Crippen LogP contribution in [0.25, 0.3) is 16.7 Å². The molecule has 25 heavy (non-hydrogen) atoms. The Hall–Kier alpha value is -3.13. The Morgan fingerprint density at radius 2 is 1.92 bits per heavy atom. The maximum atomic E-state index is 11.6. The Morgan fingerprint density at radius 1 is 1.24 bits per heavy atom. The van der Waals surface area contributed by atoms with Gasteiger partial charge in [-0.1, -0.05) is 23.7 Å². The number of nitrogens with one attached hydrogen (secondary N) is 1. The van der Waals surface area contributed by atoms with Crippen LogP contribution in [-0.4, -0.2) is 39.1 Å². The summed E-state index contributed by atoms with van der Waals surface area (Å²) in [5.74, 6) is -1.08. The molecule has 2 aromatic carbocycles. The molecule has 0 fully saturated rings. The van der Waals surface area contributed by atoms with Gasteiger partial charge in [0.25, 0.3) is 0 Å². The molecule has 0 aliphatic heterocycles. The number of para-hydroxylation sites is 2. The van der Waals surface area contributed by atoms with Crippen LogP contribution in [-0.2, 0) is 4.79 Å². The number of ether oxygens (including phenoxy) is 1. The molecule has 0 bridgehead atoms. The minimum atomic E-state index is -1.21. The van der Waals surface area contributed by atoms with Crippen LogP contribution in [0, 0.1) is 0 Å². The van der Waals surface area contributed by atoms with Gasteiger partial charge in [0.2, 0.25) is 5.91 Å². The van der Waals surface area contributed by atoms with E-state index in [0.717, 1.165) is 0 Å². The molecule has 0 aliphatic carbocycles. The lowest BCUT2D eigenvalue weighted by molar-refractivity contribution is -0.114. The van der Waals surface area contributed by atoms with Gasteiger partial charge in [-0.3, -0.25) is 4.79 Å². The first-order chi connectivity index (χ1) is 11.9. The van der Waals surface area contributed by atoms with Crippen LogP contribution < -0.4 is 10.1 Å². The summed E-state index contributed by atoms with van der Waals surface area (Å²) in [6.45, 7) is 1.30. The molecule has 0 saturated carbocycles. The maximum Gasteiger partial charge on any atom is 0.338 e. The third-order valence-electron chi connectivity index (χ3n) is 3.44. The van der Waals surface area contributed by atoms with Crippen LogP contribution in [0.4, 0.5) is 5.69 Å². The predicted octanol–water partition coefficient (Wildman–Crippen LogP) is 2.74. The number of hydrogen-bond donors (Lipinski definition) is 2. The van der Waals surface area contributed by atoms with E-state index in [0.29, 0.717) is 11.4 Å². The van der Waals surface area contributed by atoms with Gasteiger partial charge in [0, 0.05) is 6.92 Å². The molecular weight excluding hydrogens is 348 g/mol. The van der Waals surface area contributed by atoms with E-state index in [9.17, 15) is 14.7 Å². The summed E-state index contributed by atoms with van der Waals surface area (Å²) in [6.07, 6.45) is 0. The summed E-state index contributed by atoms with van der Waals surface area (Å²) in [6, 6.07) is 8.27. The molecule has 0 aliphatic rings. The number of aromatic nitrogens is 3. The first-order valence-electron chi connectivity index (χ1n) is 7.16. The Kier molecular flexibility index (Phi) is 4.28. The highest BCUT2D eigenvalue weighted by atomic mass is 35.5. The summed E-state index contributed by atoms with van der Waals surface area (Å²) in [5, 5.41) is 20.6. The predicted molar refractivity (Wildman–Crippen MR) is 91.7 cm³/mol. The summed E-state index contributed by atoms with van der Waals surface area (Å²) in [5.41, 5.74) is 0.832. The smallest absolute Gasteiger partial charge is 0.338 e. The van der Waals surface area contributed by atoms with Gasteiger partial charge in [-0.25, -0.2) is 4.79 Å². The Balaban J connectivity index is 2.29. The molecule has 3 rings (SSSR count). The minimum absolute atomic E-state index is 0.108. The number of nitrogens with zero attached hydrogens (tertiary/aromatic N) is 3. The van der Waals surface area contributed by atoms with Gasteiger partial charge in [-0.2, -0.15) is 0 Å². The number of carbonyl (C=O) groups is 2. The average Bonchev–Trinajstić information content (AvgIpc) is 3.02. The van der Waals surface area contributed by atoms with Crippen molar-refractivity contribution in [3.63, 3.8) is 0 Å². The van der Waals surface area contributed by atoms with Crippen molar-refractivity contribution in [2.24, 2.45) is 0 Å². The monoisotopic (exact) mass is 360 g/mol. The second kappa shape index (κ2) is 6.40. The fraction of sp³-hybridized carbons (Fsp3) is 0.125. The molecule has 0 atom stereocenters. The van der Waals surface area contributed by atoms with Gasteiger partial charge in [0.05, 0.1) is 23.4 Å². The highest BCUT2D eigenvalue weighted by molar-refractivity contribution is 6.38. The van der Waals surface area contributed by atoms with Crippen LogP contribution in [0.3, 0.4) is 0 Å². The Bertz CT molecular complexity index is 999. The molecule has 8 nitrogen and oxygen atoms in total. The normalized spacial score (nSPS) is 10.7. The maximum absolute atomic E-state index is 11.6. The van der Waals surface area contributed by atoms with Gasteiger partial charge < -0.3 is 15.2 Å². The van der Waals surface area contributed by atoms with Crippen molar-refractivity contribution < 1.29 is 19.4 Å². The van der Waals surface area contributed by atoms with Crippen molar-refractivity contribution in [1.29, 1.82) is 0 Å². The van der Waals surface area contributed by atoms with E-state index >= 15 is 0 Å². The second-order valence-electron chi connectivity index (χ2n) is 5.13. The largest absolute Gasteiger partial charge is 0.494 e. The van der Waals surface area contributed by atoms with Crippen molar-refractivity contribution in [2.45, 2.75) is 6.92 Å². The lowest BCUT2D eigenvalue weighted by Crippen LogP contribution is -2.08. The zero-order valence-electron chi connectivity index (χ0n) is 13.3. The van der Waals surface area contributed by atoms with Crippen molar-refractivity contribution in [3.05, 3.63) is 40.9 Å². The number of fused-ring (bicyclic) bond motifs is 1. The van der Waals surface area contributed by atoms with Crippen LogP contribution in [0.2, 0.25) is 5.02 Å².